The van der Waals surface area contributed by atoms with E-state index in [2.05, 4.69) is 11.9 Å². The second kappa shape index (κ2) is 7.31. The minimum Gasteiger partial charge on any atom is -0.494 e. The zero-order valence-electron chi connectivity index (χ0n) is 14.0. The van der Waals surface area contributed by atoms with Crippen LogP contribution in [0.3, 0.4) is 0 Å². The quantitative estimate of drug-likeness (QED) is 0.526. The second-order valence-electron chi connectivity index (χ2n) is 5.69. The number of benzene rings is 1. The fourth-order valence-electron chi connectivity index (χ4n) is 2.73. The molecule has 3 aromatic rings. The van der Waals surface area contributed by atoms with Crippen molar-refractivity contribution in [2.45, 2.75) is 19.8 Å². The van der Waals surface area contributed by atoms with Gasteiger partial charge in [0.05, 0.1) is 29.1 Å². The smallest absolute Gasteiger partial charge is 0.286 e. The van der Waals surface area contributed by atoms with Crippen molar-refractivity contribution in [1.82, 2.24) is 9.38 Å². The van der Waals surface area contributed by atoms with E-state index in [4.69, 9.17) is 10.5 Å². The van der Waals surface area contributed by atoms with Crippen LogP contribution >= 0.6 is 0 Å². The Morgan fingerprint density at radius 2 is 2.00 bits per heavy atom. The van der Waals surface area contributed by atoms with Gasteiger partial charge in [-0.05, 0) is 43.3 Å². The number of pyridine rings is 1. The number of hydrogen-bond donors (Lipinski definition) is 1. The minimum absolute atomic E-state index is 0.0260. The highest BCUT2D eigenvalue weighted by molar-refractivity contribution is 5.67. The van der Waals surface area contributed by atoms with Gasteiger partial charge >= 0.3 is 0 Å². The van der Waals surface area contributed by atoms with Crippen molar-refractivity contribution in [3.05, 3.63) is 58.4 Å². The molecule has 0 aliphatic rings. The Morgan fingerprint density at radius 1 is 1.24 bits per heavy atom. The average Bonchev–Trinajstić information content (AvgIpc) is 2.98. The van der Waals surface area contributed by atoms with Gasteiger partial charge in [0.15, 0.2) is 0 Å². The van der Waals surface area contributed by atoms with Crippen LogP contribution < -0.4 is 10.5 Å². The van der Waals surface area contributed by atoms with Gasteiger partial charge in [0.1, 0.15) is 11.4 Å². The molecule has 0 fully saturated rings. The minimum atomic E-state index is -0.412. The topological polar surface area (TPSA) is 95.7 Å². The molecule has 0 aliphatic heterocycles. The van der Waals surface area contributed by atoms with Gasteiger partial charge in [0, 0.05) is 18.1 Å². The number of nitrogens with two attached hydrogens (primary N) is 1. The van der Waals surface area contributed by atoms with Crippen LogP contribution in [0.1, 0.15) is 19.0 Å². The molecule has 0 bridgehead atoms. The standard InChI is InChI=1S/C18H20N4O3/c1-2-11-25-15-6-3-13(4-7-15)18-16(9-10-19)21-12-14(22(23)24)5-8-17(21)20-18/h3-8,12H,2,9-11,19H2,1H3. The van der Waals surface area contributed by atoms with E-state index in [0.717, 1.165) is 29.1 Å². The van der Waals surface area contributed by atoms with Crippen LogP contribution in [0.2, 0.25) is 0 Å². The number of fused-ring (bicyclic) bond motifs is 1. The van der Waals surface area contributed by atoms with Crippen LogP contribution in [0.25, 0.3) is 16.9 Å². The molecule has 7 nitrogen and oxygen atoms in total. The molecule has 0 spiro atoms. The molecule has 2 heterocycles. The van der Waals surface area contributed by atoms with Gasteiger partial charge in [0.25, 0.3) is 5.69 Å². The predicted octanol–water partition coefficient (Wildman–Crippen LogP) is 3.20. The molecule has 1 aromatic carbocycles. The van der Waals surface area contributed by atoms with Crippen LogP contribution in [-0.2, 0) is 6.42 Å². The Kier molecular flexibility index (Phi) is 4.95. The third-order valence-electron chi connectivity index (χ3n) is 3.89. The lowest BCUT2D eigenvalue weighted by molar-refractivity contribution is -0.385. The van der Waals surface area contributed by atoms with E-state index < -0.39 is 4.92 Å². The summed E-state index contributed by atoms with van der Waals surface area (Å²) >= 11 is 0. The fraction of sp³-hybridized carbons (Fsp3) is 0.278. The summed E-state index contributed by atoms with van der Waals surface area (Å²) in [6, 6.07) is 10.8. The number of aromatic nitrogens is 2. The molecule has 2 aromatic heterocycles. The van der Waals surface area contributed by atoms with Gasteiger partial charge < -0.3 is 10.5 Å². The maximum atomic E-state index is 11.0. The van der Waals surface area contributed by atoms with E-state index in [1.807, 2.05) is 24.3 Å². The summed E-state index contributed by atoms with van der Waals surface area (Å²) in [5.41, 5.74) is 9.01. The monoisotopic (exact) mass is 340 g/mol. The van der Waals surface area contributed by atoms with Crippen LogP contribution in [0.4, 0.5) is 5.69 Å². The third kappa shape index (κ3) is 3.46. The number of ether oxygens (including phenoxy) is 1. The molecule has 25 heavy (non-hydrogen) atoms. The van der Waals surface area contributed by atoms with Crippen molar-refractivity contribution >= 4 is 11.3 Å². The molecule has 2 N–H and O–H groups in total. The number of nitro groups is 1. The van der Waals surface area contributed by atoms with Crippen molar-refractivity contribution in [3.8, 4) is 17.0 Å². The van der Waals surface area contributed by atoms with Gasteiger partial charge in [-0.2, -0.15) is 0 Å². The zero-order chi connectivity index (χ0) is 17.8. The summed E-state index contributed by atoms with van der Waals surface area (Å²) in [4.78, 5) is 15.3. The normalized spacial score (nSPS) is 11.0. The summed E-state index contributed by atoms with van der Waals surface area (Å²) < 4.78 is 7.36. The molecule has 0 radical (unpaired) electrons. The van der Waals surface area contributed by atoms with E-state index in [9.17, 15) is 10.1 Å². The maximum absolute atomic E-state index is 11.0. The zero-order valence-corrected chi connectivity index (χ0v) is 14.0. The first-order chi connectivity index (χ1) is 12.1. The number of hydrogen-bond acceptors (Lipinski definition) is 5. The summed E-state index contributed by atoms with van der Waals surface area (Å²) in [6.07, 6.45) is 3.02. The largest absolute Gasteiger partial charge is 0.494 e. The van der Waals surface area contributed by atoms with Crippen molar-refractivity contribution in [2.75, 3.05) is 13.2 Å². The molecule has 0 amide bonds. The summed E-state index contributed by atoms with van der Waals surface area (Å²) in [7, 11) is 0. The van der Waals surface area contributed by atoms with Gasteiger partial charge in [-0.3, -0.25) is 14.5 Å². The molecular formula is C18H20N4O3. The number of imidazole rings is 1. The third-order valence-corrected chi connectivity index (χ3v) is 3.89. The lowest BCUT2D eigenvalue weighted by Crippen LogP contribution is -2.06. The van der Waals surface area contributed by atoms with Gasteiger partial charge in [-0.25, -0.2) is 4.98 Å². The average molecular weight is 340 g/mol. The first-order valence-corrected chi connectivity index (χ1v) is 8.22. The van der Waals surface area contributed by atoms with Crippen LogP contribution in [0, 0.1) is 10.1 Å². The Balaban J connectivity index is 2.05. The predicted molar refractivity (Wildman–Crippen MR) is 95.8 cm³/mol. The second-order valence-corrected chi connectivity index (χ2v) is 5.69. The van der Waals surface area contributed by atoms with Gasteiger partial charge in [0.2, 0.25) is 0 Å². The maximum Gasteiger partial charge on any atom is 0.286 e. The van der Waals surface area contributed by atoms with E-state index >= 15 is 0 Å². The van der Waals surface area contributed by atoms with E-state index in [-0.39, 0.29) is 5.69 Å². The lowest BCUT2D eigenvalue weighted by atomic mass is 10.1. The molecule has 130 valence electrons. The Hall–Kier alpha value is -2.93. The van der Waals surface area contributed by atoms with Crippen molar-refractivity contribution < 1.29 is 9.66 Å². The molecule has 0 saturated carbocycles. The summed E-state index contributed by atoms with van der Waals surface area (Å²) in [5.74, 6) is 0.811. The molecular weight excluding hydrogens is 320 g/mol. The summed E-state index contributed by atoms with van der Waals surface area (Å²) in [6.45, 7) is 3.17. The van der Waals surface area contributed by atoms with Gasteiger partial charge in [-0.15, -0.1) is 0 Å². The first-order valence-electron chi connectivity index (χ1n) is 8.22. The molecule has 0 atom stereocenters. The van der Waals surface area contributed by atoms with E-state index in [1.54, 1.807) is 10.5 Å². The SMILES string of the molecule is CCCOc1ccc(-c2nc3ccc([N+](=O)[O-])cn3c2CCN)cc1. The van der Waals surface area contributed by atoms with Crippen molar-refractivity contribution in [2.24, 2.45) is 5.73 Å². The Morgan fingerprint density at radius 3 is 2.64 bits per heavy atom. The molecule has 3 rings (SSSR count). The highest BCUT2D eigenvalue weighted by Gasteiger charge is 2.16. The van der Waals surface area contributed by atoms with Crippen LogP contribution in [0.5, 0.6) is 5.75 Å². The highest BCUT2D eigenvalue weighted by Crippen LogP contribution is 2.28. The molecule has 7 heteroatoms. The molecule has 0 unspecified atom stereocenters. The molecule has 0 saturated heterocycles. The van der Waals surface area contributed by atoms with Crippen molar-refractivity contribution in [1.29, 1.82) is 0 Å². The van der Waals surface area contributed by atoms with Crippen LogP contribution in [-0.4, -0.2) is 27.5 Å². The summed E-state index contributed by atoms with van der Waals surface area (Å²) in [5, 5.41) is 11.0. The first kappa shape index (κ1) is 16.9. The molecule has 0 aliphatic carbocycles. The fourth-order valence-corrected chi connectivity index (χ4v) is 2.73. The Bertz CT molecular complexity index is 887. The highest BCUT2D eigenvalue weighted by atomic mass is 16.6. The van der Waals surface area contributed by atoms with Crippen molar-refractivity contribution in [3.63, 3.8) is 0 Å². The Labute approximate surface area is 145 Å². The van der Waals surface area contributed by atoms with E-state index in [1.165, 1.54) is 12.3 Å². The lowest BCUT2D eigenvalue weighted by Gasteiger charge is -2.06. The van der Waals surface area contributed by atoms with Crippen LogP contribution in [0.15, 0.2) is 42.6 Å². The van der Waals surface area contributed by atoms with E-state index in [0.29, 0.717) is 25.2 Å². The number of rotatable bonds is 7. The number of nitrogens with zero attached hydrogens (tertiary/aromatic N) is 3. The van der Waals surface area contributed by atoms with Gasteiger partial charge in [-0.1, -0.05) is 6.92 Å².